The Morgan fingerprint density at radius 2 is 1.72 bits per heavy atom. The van der Waals surface area contributed by atoms with Gasteiger partial charge in [0.1, 0.15) is 6.04 Å². The molecule has 0 radical (unpaired) electrons. The van der Waals surface area contributed by atoms with Crippen molar-refractivity contribution in [2.75, 3.05) is 6.54 Å². The highest BCUT2D eigenvalue weighted by Crippen LogP contribution is 2.31. The molecule has 8 nitrogen and oxygen atoms in total. The summed E-state index contributed by atoms with van der Waals surface area (Å²) in [4.78, 5) is 50.8. The van der Waals surface area contributed by atoms with E-state index in [4.69, 9.17) is 5.73 Å². The summed E-state index contributed by atoms with van der Waals surface area (Å²) in [5.41, 5.74) is 10.0. The average Bonchev–Trinajstić information content (AvgIpc) is 3.23. The van der Waals surface area contributed by atoms with Crippen LogP contribution in [0.3, 0.4) is 0 Å². The van der Waals surface area contributed by atoms with Crippen molar-refractivity contribution in [3.05, 3.63) is 70.3 Å². The quantitative estimate of drug-likeness (QED) is 0.597. The molecule has 1 unspecified atom stereocenters. The van der Waals surface area contributed by atoms with Gasteiger partial charge in [0.25, 0.3) is 11.8 Å². The fourth-order valence-electron chi connectivity index (χ4n) is 5.03. The van der Waals surface area contributed by atoms with Gasteiger partial charge in [-0.1, -0.05) is 36.4 Å². The molecule has 2 aromatic carbocycles. The van der Waals surface area contributed by atoms with Gasteiger partial charge in [-0.15, -0.1) is 0 Å². The van der Waals surface area contributed by atoms with E-state index >= 15 is 0 Å². The normalized spacial score (nSPS) is 21.5. The van der Waals surface area contributed by atoms with Crippen LogP contribution in [0, 0.1) is 0 Å². The highest BCUT2D eigenvalue weighted by Gasteiger charge is 2.45. The minimum absolute atomic E-state index is 0.0964. The molecule has 3 aliphatic rings. The molecule has 32 heavy (non-hydrogen) atoms. The minimum Gasteiger partial charge on any atom is -0.323 e. The molecule has 1 aliphatic carbocycles. The van der Waals surface area contributed by atoms with Gasteiger partial charge in [-0.25, -0.2) is 0 Å². The van der Waals surface area contributed by atoms with E-state index in [1.54, 1.807) is 18.2 Å². The highest BCUT2D eigenvalue weighted by molar-refractivity contribution is 6.24. The number of nitrogens with one attached hydrogen (secondary N) is 2. The molecule has 0 aromatic heterocycles. The fourth-order valence-corrected chi connectivity index (χ4v) is 5.03. The van der Waals surface area contributed by atoms with Gasteiger partial charge in [0, 0.05) is 25.0 Å². The molecule has 0 spiro atoms. The van der Waals surface area contributed by atoms with Crippen molar-refractivity contribution in [3.8, 4) is 0 Å². The van der Waals surface area contributed by atoms with Gasteiger partial charge < -0.3 is 11.1 Å². The zero-order valence-electron chi connectivity index (χ0n) is 17.5. The molecule has 2 aliphatic heterocycles. The Morgan fingerprint density at radius 3 is 2.41 bits per heavy atom. The van der Waals surface area contributed by atoms with Gasteiger partial charge in [-0.3, -0.25) is 29.4 Å². The fraction of sp³-hybridized carbons (Fsp3) is 0.333. The second kappa shape index (κ2) is 7.65. The summed E-state index contributed by atoms with van der Waals surface area (Å²) < 4.78 is 0. The van der Waals surface area contributed by atoms with Gasteiger partial charge >= 0.3 is 0 Å². The van der Waals surface area contributed by atoms with E-state index in [0.717, 1.165) is 17.7 Å². The van der Waals surface area contributed by atoms with Crippen molar-refractivity contribution in [1.29, 1.82) is 0 Å². The maximum atomic E-state index is 13.2. The number of nitrogens with two attached hydrogens (primary N) is 1. The molecule has 4 amide bonds. The third kappa shape index (κ3) is 3.41. The molecule has 0 saturated carbocycles. The molecule has 4 N–H and O–H groups in total. The van der Waals surface area contributed by atoms with Crippen molar-refractivity contribution >= 4 is 23.6 Å². The number of hydrogen-bond acceptors (Lipinski definition) is 6. The molecule has 1 fully saturated rings. The first-order valence-electron chi connectivity index (χ1n) is 10.8. The molecule has 0 bridgehead atoms. The van der Waals surface area contributed by atoms with Crippen molar-refractivity contribution in [2.24, 2.45) is 5.73 Å². The Balaban J connectivity index is 1.31. The number of carbonyl (C=O) groups excluding carboxylic acids is 4. The van der Waals surface area contributed by atoms with E-state index in [-0.39, 0.29) is 18.4 Å². The van der Waals surface area contributed by atoms with E-state index < -0.39 is 35.2 Å². The van der Waals surface area contributed by atoms with Crippen LogP contribution in [-0.2, 0) is 29.0 Å². The standard InChI is InChI=1S/C24H24N4O4/c25-24(10-14-4-1-2-5-15(14)11-24)13-26-12-16-6-3-7-17-20(16)23(32)28(22(17)31)18-8-9-19(29)27-21(18)30/h1-7,18,26H,8-13,25H2,(H,27,29,30). The predicted molar refractivity (Wildman–Crippen MR) is 116 cm³/mol. The van der Waals surface area contributed by atoms with Crippen LogP contribution >= 0.6 is 0 Å². The Bertz CT molecular complexity index is 1130. The molecule has 164 valence electrons. The van der Waals surface area contributed by atoms with Gasteiger partial charge in [-0.05, 0) is 42.0 Å². The van der Waals surface area contributed by atoms with E-state index in [1.807, 2.05) is 12.1 Å². The molecule has 1 atom stereocenters. The van der Waals surface area contributed by atoms with E-state index in [9.17, 15) is 19.2 Å². The Hall–Kier alpha value is -3.36. The summed E-state index contributed by atoms with van der Waals surface area (Å²) in [5, 5.41) is 5.58. The van der Waals surface area contributed by atoms with Gasteiger partial charge in [0.05, 0.1) is 11.1 Å². The molecule has 1 saturated heterocycles. The SMILES string of the molecule is NC1(CNCc2cccc3c2C(=O)N(C2CCC(=O)NC2=O)C3=O)Cc2ccccc2C1. The molecule has 2 aromatic rings. The molecular formula is C24H24N4O4. The number of fused-ring (bicyclic) bond motifs is 2. The summed E-state index contributed by atoms with van der Waals surface area (Å²) >= 11 is 0. The van der Waals surface area contributed by atoms with Crippen LogP contribution in [0.2, 0.25) is 0 Å². The third-order valence-corrected chi connectivity index (χ3v) is 6.55. The van der Waals surface area contributed by atoms with Gasteiger partial charge in [0.2, 0.25) is 11.8 Å². The maximum absolute atomic E-state index is 13.2. The Labute approximate surface area is 185 Å². The molecule has 8 heteroatoms. The van der Waals surface area contributed by atoms with Crippen LogP contribution in [0.15, 0.2) is 42.5 Å². The number of carbonyl (C=O) groups is 4. The van der Waals surface area contributed by atoms with Gasteiger partial charge in [0.15, 0.2) is 0 Å². The zero-order chi connectivity index (χ0) is 22.5. The van der Waals surface area contributed by atoms with Crippen molar-refractivity contribution < 1.29 is 19.2 Å². The van der Waals surface area contributed by atoms with Crippen LogP contribution in [-0.4, -0.2) is 46.7 Å². The third-order valence-electron chi connectivity index (χ3n) is 6.55. The second-order valence-corrected chi connectivity index (χ2v) is 8.88. The van der Waals surface area contributed by atoms with E-state index in [2.05, 4.69) is 22.8 Å². The number of benzene rings is 2. The maximum Gasteiger partial charge on any atom is 0.262 e. The highest BCUT2D eigenvalue weighted by atomic mass is 16.2. The summed E-state index contributed by atoms with van der Waals surface area (Å²) in [7, 11) is 0. The lowest BCUT2D eigenvalue weighted by molar-refractivity contribution is -0.136. The zero-order valence-corrected chi connectivity index (χ0v) is 17.5. The minimum atomic E-state index is -0.967. The van der Waals surface area contributed by atoms with Crippen LogP contribution in [0.5, 0.6) is 0 Å². The number of amides is 4. The molecule has 2 heterocycles. The number of nitrogens with zero attached hydrogens (tertiary/aromatic N) is 1. The van der Waals surface area contributed by atoms with Crippen molar-refractivity contribution in [1.82, 2.24) is 15.5 Å². The lowest BCUT2D eigenvalue weighted by atomic mass is 9.96. The number of imide groups is 2. The molecule has 5 rings (SSSR count). The van der Waals surface area contributed by atoms with Crippen LogP contribution in [0.25, 0.3) is 0 Å². The summed E-state index contributed by atoms with van der Waals surface area (Å²) in [6.45, 7) is 0.936. The first kappa shape index (κ1) is 20.5. The molecular weight excluding hydrogens is 408 g/mol. The van der Waals surface area contributed by atoms with E-state index in [1.165, 1.54) is 11.1 Å². The van der Waals surface area contributed by atoms with Crippen molar-refractivity contribution in [3.63, 3.8) is 0 Å². The van der Waals surface area contributed by atoms with Crippen LogP contribution in [0.4, 0.5) is 0 Å². The number of piperidine rings is 1. The Kier molecular flexibility index (Phi) is 4.91. The van der Waals surface area contributed by atoms with Crippen LogP contribution < -0.4 is 16.4 Å². The van der Waals surface area contributed by atoms with Crippen molar-refractivity contribution in [2.45, 2.75) is 43.8 Å². The Morgan fingerprint density at radius 1 is 1.00 bits per heavy atom. The van der Waals surface area contributed by atoms with E-state index in [0.29, 0.717) is 24.2 Å². The predicted octanol–water partition coefficient (Wildman–Crippen LogP) is 0.674. The second-order valence-electron chi connectivity index (χ2n) is 8.88. The lowest BCUT2D eigenvalue weighted by Gasteiger charge is -2.28. The average molecular weight is 432 g/mol. The first-order chi connectivity index (χ1) is 15.4. The summed E-state index contributed by atoms with van der Waals surface area (Å²) in [6, 6.07) is 12.4. The van der Waals surface area contributed by atoms with Gasteiger partial charge in [-0.2, -0.15) is 0 Å². The largest absolute Gasteiger partial charge is 0.323 e. The number of hydrogen-bond donors (Lipinski definition) is 3. The first-order valence-corrected chi connectivity index (χ1v) is 10.8. The monoisotopic (exact) mass is 432 g/mol. The van der Waals surface area contributed by atoms with Crippen LogP contribution in [0.1, 0.15) is 50.2 Å². The topological polar surface area (TPSA) is 122 Å². The smallest absolute Gasteiger partial charge is 0.262 e. The summed E-state index contributed by atoms with van der Waals surface area (Å²) in [6.07, 6.45) is 1.80. The number of rotatable bonds is 5. The summed E-state index contributed by atoms with van der Waals surface area (Å²) in [5.74, 6) is -1.99. The lowest BCUT2D eigenvalue weighted by Crippen LogP contribution is -2.54.